The minimum atomic E-state index is -3.93. The Morgan fingerprint density at radius 1 is 1.41 bits per heavy atom. The van der Waals surface area contributed by atoms with E-state index in [0.717, 1.165) is 14.2 Å². The summed E-state index contributed by atoms with van der Waals surface area (Å²) in [6, 6.07) is -0.433. The first-order valence-corrected chi connectivity index (χ1v) is 8.50. The van der Waals surface area contributed by atoms with E-state index in [0.29, 0.717) is 12.8 Å². The normalized spacial score (nSPS) is 21.0. The summed E-state index contributed by atoms with van der Waals surface area (Å²) in [6.07, 6.45) is -0.320. The molecule has 1 N–H and O–H groups in total. The predicted octanol–water partition coefficient (Wildman–Crippen LogP) is -3.74. The van der Waals surface area contributed by atoms with Crippen LogP contribution in [0.5, 0.6) is 0 Å². The minimum absolute atomic E-state index is 0. The van der Waals surface area contributed by atoms with Gasteiger partial charge in [0, 0.05) is 32.2 Å². The molecule has 10 heteroatoms. The zero-order valence-corrected chi connectivity index (χ0v) is 15.9. The summed E-state index contributed by atoms with van der Waals surface area (Å²) in [4.78, 5) is 46.0. The zero-order chi connectivity index (χ0) is 16.0. The Labute approximate surface area is 151 Å². The van der Waals surface area contributed by atoms with E-state index in [-0.39, 0.29) is 48.0 Å². The number of methoxy groups -OCH3 is 2. The van der Waals surface area contributed by atoms with E-state index in [4.69, 9.17) is 0 Å². The third-order valence-electron chi connectivity index (χ3n) is 3.26. The van der Waals surface area contributed by atoms with Gasteiger partial charge in [-0.1, -0.05) is 0 Å². The van der Waals surface area contributed by atoms with Gasteiger partial charge in [0.2, 0.25) is 5.91 Å². The first-order valence-electron chi connectivity index (χ1n) is 6.50. The fourth-order valence-corrected chi connectivity index (χ4v) is 4.28. The van der Waals surface area contributed by atoms with Crippen LogP contribution in [0.1, 0.15) is 19.3 Å². The molecule has 120 valence electrons. The number of rotatable bonds is 7. The van der Waals surface area contributed by atoms with Gasteiger partial charge in [-0.25, -0.2) is 0 Å². The van der Waals surface area contributed by atoms with Gasteiger partial charge in [0.05, 0.1) is 26.6 Å². The van der Waals surface area contributed by atoms with E-state index in [9.17, 15) is 23.8 Å². The second kappa shape index (κ2) is 9.67. The Balaban J connectivity index is 0.00000441. The van der Waals surface area contributed by atoms with Crippen molar-refractivity contribution in [1.82, 2.24) is 5.32 Å². The van der Waals surface area contributed by atoms with Crippen molar-refractivity contribution in [2.75, 3.05) is 26.5 Å². The molecule has 3 atom stereocenters. The Morgan fingerprint density at radius 3 is 2.50 bits per heavy atom. The molecule has 1 aliphatic rings. The van der Waals surface area contributed by atoms with Gasteiger partial charge in [-0.3, -0.25) is 14.4 Å². The quantitative estimate of drug-likeness (QED) is 0.286. The van der Waals surface area contributed by atoms with Crippen LogP contribution in [0.15, 0.2) is 0 Å². The molecule has 0 aromatic carbocycles. The molecule has 0 radical (unpaired) electrons. The van der Waals surface area contributed by atoms with E-state index in [1.54, 1.807) is 0 Å². The van der Waals surface area contributed by atoms with E-state index in [1.807, 2.05) is 0 Å². The van der Waals surface area contributed by atoms with Gasteiger partial charge < -0.3 is 24.2 Å². The molecule has 0 saturated carbocycles. The average molecular weight is 343 g/mol. The van der Waals surface area contributed by atoms with Crippen LogP contribution in [0.2, 0.25) is 0 Å². The van der Waals surface area contributed by atoms with Crippen molar-refractivity contribution in [3.05, 3.63) is 0 Å². The molecule has 3 unspecified atom stereocenters. The summed E-state index contributed by atoms with van der Waals surface area (Å²) in [6.45, 7) is 0. The van der Waals surface area contributed by atoms with Crippen molar-refractivity contribution in [2.24, 2.45) is 5.92 Å². The number of hydrogen-bond donors (Lipinski definition) is 1. The van der Waals surface area contributed by atoms with Gasteiger partial charge in [0.1, 0.15) is 0 Å². The molecule has 1 fully saturated rings. The number of nitrogens with one attached hydrogen (secondary N) is 1. The van der Waals surface area contributed by atoms with Crippen molar-refractivity contribution in [2.45, 2.75) is 25.3 Å². The first kappa shape index (κ1) is 21.6. The fraction of sp³-hybridized carbons (Fsp3) is 0.750. The van der Waals surface area contributed by atoms with Crippen molar-refractivity contribution in [3.63, 3.8) is 0 Å². The van der Waals surface area contributed by atoms with E-state index >= 15 is 0 Å². The number of amides is 1. The van der Waals surface area contributed by atoms with Crippen molar-refractivity contribution >= 4 is 25.2 Å². The first-order chi connectivity index (χ1) is 9.77. The molecule has 1 saturated heterocycles. The standard InChI is InChI=1S/C12H20NO7P.Na/c1-19-11(15)5-8(12(16)20-2)6-21(17,18)7-9-3-4-10(14)13-9;/h8-9H,3-7H2,1-2H3,(H,13,14)(H,17,18);/q;+1/p-1. The van der Waals surface area contributed by atoms with Crippen LogP contribution in [-0.2, 0) is 28.4 Å². The summed E-state index contributed by atoms with van der Waals surface area (Å²) in [5, 5.41) is 2.56. The largest absolute Gasteiger partial charge is 1.00 e. The van der Waals surface area contributed by atoms with Crippen LogP contribution in [-0.4, -0.2) is 50.4 Å². The molecular formula is C12H19NNaO7P. The Morgan fingerprint density at radius 2 is 2.05 bits per heavy atom. The van der Waals surface area contributed by atoms with Gasteiger partial charge in [0.15, 0.2) is 0 Å². The summed E-state index contributed by atoms with van der Waals surface area (Å²) < 4.78 is 21.1. The third kappa shape index (κ3) is 7.24. The van der Waals surface area contributed by atoms with Crippen LogP contribution in [0.4, 0.5) is 0 Å². The maximum Gasteiger partial charge on any atom is 1.00 e. The van der Waals surface area contributed by atoms with Crippen LogP contribution < -0.4 is 39.8 Å². The Bertz CT molecular complexity index is 470. The Hall–Kier alpha value is -0.400. The summed E-state index contributed by atoms with van der Waals surface area (Å²) in [5.74, 6) is -2.73. The summed E-state index contributed by atoms with van der Waals surface area (Å²) in [7, 11) is -1.65. The van der Waals surface area contributed by atoms with E-state index in [1.165, 1.54) is 0 Å². The van der Waals surface area contributed by atoms with Gasteiger partial charge in [0.25, 0.3) is 0 Å². The van der Waals surface area contributed by atoms with Crippen LogP contribution >= 0.6 is 7.37 Å². The molecular weight excluding hydrogens is 324 g/mol. The third-order valence-corrected chi connectivity index (χ3v) is 5.25. The molecule has 1 aliphatic heterocycles. The Kier molecular flexibility index (Phi) is 9.50. The van der Waals surface area contributed by atoms with Crippen LogP contribution in [0.25, 0.3) is 0 Å². The van der Waals surface area contributed by atoms with Gasteiger partial charge in [-0.2, -0.15) is 0 Å². The summed E-state index contributed by atoms with van der Waals surface area (Å²) in [5.41, 5.74) is 0. The van der Waals surface area contributed by atoms with E-state index in [2.05, 4.69) is 14.8 Å². The molecule has 0 bridgehead atoms. The van der Waals surface area contributed by atoms with E-state index < -0.39 is 37.4 Å². The maximum absolute atomic E-state index is 12.1. The molecule has 0 aromatic rings. The second-order valence-electron chi connectivity index (χ2n) is 4.98. The fourth-order valence-electron chi connectivity index (χ4n) is 2.23. The number of carbonyl (C=O) groups is 3. The molecule has 1 heterocycles. The monoisotopic (exact) mass is 343 g/mol. The van der Waals surface area contributed by atoms with Gasteiger partial charge >= 0.3 is 41.5 Å². The SMILES string of the molecule is COC(=O)CC(CP(=O)([O-])CC1CCC(=O)N1)C(=O)OC.[Na+]. The van der Waals surface area contributed by atoms with Crippen LogP contribution in [0.3, 0.4) is 0 Å². The van der Waals surface area contributed by atoms with Gasteiger partial charge in [-0.15, -0.1) is 0 Å². The maximum atomic E-state index is 12.1. The molecule has 1 amide bonds. The second-order valence-corrected chi connectivity index (χ2v) is 7.34. The minimum Gasteiger partial charge on any atom is -0.799 e. The number of carbonyl (C=O) groups excluding carboxylic acids is 3. The van der Waals surface area contributed by atoms with Crippen LogP contribution in [0, 0.1) is 5.92 Å². The van der Waals surface area contributed by atoms with Gasteiger partial charge in [-0.05, 0) is 6.42 Å². The van der Waals surface area contributed by atoms with Crippen molar-refractivity contribution < 1.29 is 62.9 Å². The van der Waals surface area contributed by atoms with Crippen molar-refractivity contribution in [3.8, 4) is 0 Å². The molecule has 0 aliphatic carbocycles. The smallest absolute Gasteiger partial charge is 0.799 e. The summed E-state index contributed by atoms with van der Waals surface area (Å²) >= 11 is 0. The number of hydrogen-bond acceptors (Lipinski definition) is 7. The predicted molar refractivity (Wildman–Crippen MR) is 70.6 cm³/mol. The zero-order valence-electron chi connectivity index (χ0n) is 13.0. The van der Waals surface area contributed by atoms with Crippen molar-refractivity contribution in [1.29, 1.82) is 0 Å². The number of ether oxygens (including phenoxy) is 2. The molecule has 0 spiro atoms. The average Bonchev–Trinajstić information content (AvgIpc) is 2.80. The molecule has 1 rings (SSSR count). The molecule has 0 aromatic heterocycles. The molecule has 8 nitrogen and oxygen atoms in total. The molecule has 22 heavy (non-hydrogen) atoms. The number of esters is 2. The topological polar surface area (TPSA) is 122 Å².